The number of hydrogen-bond donors (Lipinski definition) is 0. The van der Waals surface area contributed by atoms with Crippen LogP contribution in [0.3, 0.4) is 0 Å². The molecule has 0 saturated carbocycles. The molecular formula is C54H36N2. The highest BCUT2D eigenvalue weighted by molar-refractivity contribution is 6.13. The van der Waals surface area contributed by atoms with Crippen molar-refractivity contribution in [1.82, 2.24) is 9.13 Å². The number of aryl methyl sites for hydroxylation is 2. The predicted octanol–water partition coefficient (Wildman–Crippen LogP) is 14.1. The van der Waals surface area contributed by atoms with Crippen LogP contribution < -0.4 is 0 Å². The molecular weight excluding hydrogens is 677 g/mol. The highest BCUT2D eigenvalue weighted by atomic mass is 15.0. The van der Waals surface area contributed by atoms with Crippen LogP contribution in [0.2, 0.25) is 0 Å². The van der Waals surface area contributed by atoms with E-state index in [4.69, 9.17) is 0 Å². The zero-order chi connectivity index (χ0) is 36.7. The molecule has 2 nitrogen and oxygen atoms in total. The maximum Gasteiger partial charge on any atom is 0.0541 e. The van der Waals surface area contributed by atoms with Crippen molar-refractivity contribution >= 4 is 54.4 Å². The molecule has 12 rings (SSSR count). The van der Waals surface area contributed by atoms with Crippen LogP contribution in [0.5, 0.6) is 0 Å². The van der Waals surface area contributed by atoms with Crippen LogP contribution in [0.1, 0.15) is 11.1 Å². The standard InChI is InChI=1S/C54H36N2/c1-3-13-40(14-4-1)55-50-21-11-9-18-44(50)48-32-36(26-29-52(48)55)35-25-28-42-37(31-35)23-24-39-34-47(43-17-7-8-20-46(43)54(39)42)38-27-30-53-49(33-38)45-19-10-12-22-51(45)56(53)41-15-5-2-6-16-41/h1-22,25-34H,23-24H2. The molecule has 0 atom stereocenters. The molecule has 0 aliphatic heterocycles. The Kier molecular flexibility index (Phi) is 6.79. The van der Waals surface area contributed by atoms with Crippen molar-refractivity contribution in [3.05, 3.63) is 205 Å². The van der Waals surface area contributed by atoms with E-state index in [9.17, 15) is 0 Å². The summed E-state index contributed by atoms with van der Waals surface area (Å²) in [7, 11) is 0. The third kappa shape index (κ3) is 4.63. The fourth-order valence-corrected chi connectivity index (χ4v) is 9.68. The first-order chi connectivity index (χ1) is 27.8. The Morgan fingerprint density at radius 2 is 0.750 bits per heavy atom. The molecule has 0 unspecified atom stereocenters. The molecule has 1 aliphatic carbocycles. The summed E-state index contributed by atoms with van der Waals surface area (Å²) in [5.74, 6) is 0. The Balaban J connectivity index is 0.978. The molecule has 0 amide bonds. The van der Waals surface area contributed by atoms with Crippen LogP contribution in [-0.4, -0.2) is 9.13 Å². The van der Waals surface area contributed by atoms with Crippen LogP contribution in [0.15, 0.2) is 194 Å². The Morgan fingerprint density at radius 3 is 1.39 bits per heavy atom. The third-order valence-corrected chi connectivity index (χ3v) is 12.2. The van der Waals surface area contributed by atoms with Crippen molar-refractivity contribution in [2.75, 3.05) is 0 Å². The van der Waals surface area contributed by atoms with Crippen molar-refractivity contribution in [2.45, 2.75) is 12.8 Å². The van der Waals surface area contributed by atoms with Crippen molar-refractivity contribution in [3.8, 4) is 44.8 Å². The van der Waals surface area contributed by atoms with Gasteiger partial charge in [-0.2, -0.15) is 0 Å². The molecule has 2 heterocycles. The normalized spacial score (nSPS) is 12.5. The van der Waals surface area contributed by atoms with Gasteiger partial charge < -0.3 is 9.13 Å². The number of para-hydroxylation sites is 4. The van der Waals surface area contributed by atoms with E-state index in [-0.39, 0.29) is 0 Å². The maximum atomic E-state index is 2.49. The molecule has 1 aliphatic rings. The van der Waals surface area contributed by atoms with Gasteiger partial charge in [0.05, 0.1) is 22.1 Å². The van der Waals surface area contributed by atoms with Crippen molar-refractivity contribution in [1.29, 1.82) is 0 Å². The second-order valence-corrected chi connectivity index (χ2v) is 15.2. The van der Waals surface area contributed by atoms with Gasteiger partial charge in [0.1, 0.15) is 0 Å². The van der Waals surface area contributed by atoms with E-state index in [2.05, 4.69) is 203 Å². The first-order valence-electron chi connectivity index (χ1n) is 19.6. The molecule has 262 valence electrons. The zero-order valence-electron chi connectivity index (χ0n) is 30.8. The number of fused-ring (bicyclic) bond motifs is 11. The highest BCUT2D eigenvalue weighted by Gasteiger charge is 2.23. The SMILES string of the molecule is c1ccc(-n2c3ccccc3c3cc(-c4ccc5c(c4)CCc4cc(-c6ccc7c(c6)c6ccccc6n7-c6ccccc6)c6ccccc6c4-5)ccc32)cc1. The molecule has 2 heteroatoms. The average molecular weight is 713 g/mol. The Bertz CT molecular complexity index is 3350. The molecule has 0 spiro atoms. The summed E-state index contributed by atoms with van der Waals surface area (Å²) in [4.78, 5) is 0. The summed E-state index contributed by atoms with van der Waals surface area (Å²) in [6, 6.07) is 71.8. The van der Waals surface area contributed by atoms with E-state index in [1.807, 2.05) is 0 Å². The monoisotopic (exact) mass is 712 g/mol. The molecule has 2 aromatic heterocycles. The number of rotatable bonds is 4. The first-order valence-corrected chi connectivity index (χ1v) is 19.6. The minimum atomic E-state index is 1.02. The zero-order valence-corrected chi connectivity index (χ0v) is 30.8. The first kappa shape index (κ1) is 31.2. The van der Waals surface area contributed by atoms with Crippen LogP contribution in [0.25, 0.3) is 99.1 Å². The average Bonchev–Trinajstić information content (AvgIpc) is 3.78. The second kappa shape index (κ2) is 12.2. The van der Waals surface area contributed by atoms with E-state index in [1.54, 1.807) is 0 Å². The maximum absolute atomic E-state index is 2.49. The van der Waals surface area contributed by atoms with Gasteiger partial charge >= 0.3 is 0 Å². The summed E-state index contributed by atoms with van der Waals surface area (Å²) >= 11 is 0. The summed E-state index contributed by atoms with van der Waals surface area (Å²) in [5, 5.41) is 7.76. The van der Waals surface area contributed by atoms with E-state index in [0.29, 0.717) is 0 Å². The lowest BCUT2D eigenvalue weighted by Crippen LogP contribution is -2.05. The fourth-order valence-electron chi connectivity index (χ4n) is 9.68. The van der Waals surface area contributed by atoms with Crippen LogP contribution >= 0.6 is 0 Å². The lowest BCUT2D eigenvalue weighted by atomic mass is 9.79. The van der Waals surface area contributed by atoms with E-state index < -0.39 is 0 Å². The quantitative estimate of drug-likeness (QED) is 0.172. The van der Waals surface area contributed by atoms with Gasteiger partial charge in [0.15, 0.2) is 0 Å². The molecule has 0 bridgehead atoms. The number of nitrogens with zero attached hydrogens (tertiary/aromatic N) is 2. The van der Waals surface area contributed by atoms with Gasteiger partial charge in [-0.25, -0.2) is 0 Å². The fraction of sp³-hybridized carbons (Fsp3) is 0.0370. The van der Waals surface area contributed by atoms with Gasteiger partial charge in [0.2, 0.25) is 0 Å². The lowest BCUT2D eigenvalue weighted by Gasteiger charge is -2.24. The molecule has 0 saturated heterocycles. The molecule has 56 heavy (non-hydrogen) atoms. The van der Waals surface area contributed by atoms with E-state index in [1.165, 1.54) is 110 Å². The summed E-state index contributed by atoms with van der Waals surface area (Å²) < 4.78 is 4.78. The minimum Gasteiger partial charge on any atom is -0.309 e. The topological polar surface area (TPSA) is 9.86 Å². The van der Waals surface area contributed by atoms with Gasteiger partial charge in [-0.05, 0) is 135 Å². The molecule has 0 fully saturated rings. The number of hydrogen-bond acceptors (Lipinski definition) is 0. The van der Waals surface area contributed by atoms with E-state index in [0.717, 1.165) is 12.8 Å². The molecule has 11 aromatic rings. The highest BCUT2D eigenvalue weighted by Crippen LogP contribution is 2.45. The van der Waals surface area contributed by atoms with Crippen LogP contribution in [0.4, 0.5) is 0 Å². The van der Waals surface area contributed by atoms with Gasteiger partial charge in [-0.15, -0.1) is 0 Å². The van der Waals surface area contributed by atoms with Crippen molar-refractivity contribution in [3.63, 3.8) is 0 Å². The second-order valence-electron chi connectivity index (χ2n) is 15.2. The summed E-state index contributed by atoms with van der Waals surface area (Å²) in [6.07, 6.45) is 2.04. The van der Waals surface area contributed by atoms with Crippen LogP contribution in [-0.2, 0) is 12.8 Å². The van der Waals surface area contributed by atoms with Gasteiger partial charge in [0.25, 0.3) is 0 Å². The van der Waals surface area contributed by atoms with Gasteiger partial charge in [-0.1, -0.05) is 127 Å². The Hall–Kier alpha value is -7.16. The minimum absolute atomic E-state index is 1.02. The largest absolute Gasteiger partial charge is 0.309 e. The van der Waals surface area contributed by atoms with E-state index >= 15 is 0 Å². The molecule has 0 radical (unpaired) electrons. The Morgan fingerprint density at radius 1 is 0.286 bits per heavy atom. The molecule has 9 aromatic carbocycles. The lowest BCUT2D eigenvalue weighted by molar-refractivity contribution is 0.946. The number of benzene rings is 9. The predicted molar refractivity (Wildman–Crippen MR) is 236 cm³/mol. The van der Waals surface area contributed by atoms with Crippen LogP contribution in [0, 0.1) is 0 Å². The molecule has 0 N–H and O–H groups in total. The number of aromatic nitrogens is 2. The van der Waals surface area contributed by atoms with Crippen molar-refractivity contribution < 1.29 is 0 Å². The van der Waals surface area contributed by atoms with Crippen molar-refractivity contribution in [2.24, 2.45) is 0 Å². The van der Waals surface area contributed by atoms with Gasteiger partial charge in [0, 0.05) is 32.9 Å². The third-order valence-electron chi connectivity index (χ3n) is 12.2. The smallest absolute Gasteiger partial charge is 0.0541 e. The summed E-state index contributed by atoms with van der Waals surface area (Å²) in [5.41, 5.74) is 18.0. The summed E-state index contributed by atoms with van der Waals surface area (Å²) in [6.45, 7) is 0. The van der Waals surface area contributed by atoms with Gasteiger partial charge in [-0.3, -0.25) is 0 Å². The Labute approximate surface area is 325 Å².